The lowest BCUT2D eigenvalue weighted by Gasteiger charge is -2.09. The summed E-state index contributed by atoms with van der Waals surface area (Å²) < 4.78 is 32.1. The molecule has 1 aromatic heterocycles. The second-order valence-corrected chi connectivity index (χ2v) is 7.69. The zero-order valence-corrected chi connectivity index (χ0v) is 14.4. The van der Waals surface area contributed by atoms with Gasteiger partial charge in [-0.15, -0.1) is 11.3 Å². The highest BCUT2D eigenvalue weighted by Crippen LogP contribution is 2.29. The highest BCUT2D eigenvalue weighted by Gasteiger charge is 2.20. The first-order chi connectivity index (χ1) is 10.2. The standard InChI is InChI=1S/C15H17NO4S2/c1-9-5-6-12(10(2)7-9)22(18,19)16-13-8-11(3)14(21-13)15(17)20-4/h5-8,16H,1-4H3. The summed E-state index contributed by atoms with van der Waals surface area (Å²) in [6.45, 7) is 5.39. The predicted molar refractivity (Wildman–Crippen MR) is 87.1 cm³/mol. The largest absolute Gasteiger partial charge is 0.465 e. The SMILES string of the molecule is COC(=O)c1sc(NS(=O)(=O)c2ccc(C)cc2C)cc1C. The van der Waals surface area contributed by atoms with E-state index in [4.69, 9.17) is 0 Å². The number of hydrogen-bond donors (Lipinski definition) is 1. The van der Waals surface area contributed by atoms with Crippen LogP contribution in [0.15, 0.2) is 29.2 Å². The fourth-order valence-corrected chi connectivity index (χ4v) is 4.62. The first-order valence-electron chi connectivity index (χ1n) is 6.53. The van der Waals surface area contributed by atoms with E-state index in [0.29, 0.717) is 21.0 Å². The minimum atomic E-state index is -3.69. The molecule has 0 bridgehead atoms. The highest BCUT2D eigenvalue weighted by atomic mass is 32.2. The zero-order valence-electron chi connectivity index (χ0n) is 12.8. The summed E-state index contributed by atoms with van der Waals surface area (Å²) in [5.74, 6) is -0.473. The van der Waals surface area contributed by atoms with Gasteiger partial charge in [0, 0.05) is 0 Å². The van der Waals surface area contributed by atoms with Crippen molar-refractivity contribution in [3.05, 3.63) is 45.8 Å². The normalized spacial score (nSPS) is 11.3. The third-order valence-corrected chi connectivity index (χ3v) is 5.93. The lowest BCUT2D eigenvalue weighted by Crippen LogP contribution is -2.13. The predicted octanol–water partition coefficient (Wildman–Crippen LogP) is 3.26. The number of rotatable bonds is 4. The first-order valence-corrected chi connectivity index (χ1v) is 8.83. The topological polar surface area (TPSA) is 72.5 Å². The summed E-state index contributed by atoms with van der Waals surface area (Å²) in [7, 11) is -2.40. The van der Waals surface area contributed by atoms with Gasteiger partial charge in [-0.3, -0.25) is 4.72 Å². The molecule has 0 spiro atoms. The molecule has 22 heavy (non-hydrogen) atoms. The fourth-order valence-electron chi connectivity index (χ4n) is 2.12. The average Bonchev–Trinajstić information content (AvgIpc) is 2.77. The summed E-state index contributed by atoms with van der Waals surface area (Å²) in [6, 6.07) is 6.77. The minimum Gasteiger partial charge on any atom is -0.465 e. The molecule has 5 nitrogen and oxygen atoms in total. The number of hydrogen-bond acceptors (Lipinski definition) is 5. The fraction of sp³-hybridized carbons (Fsp3) is 0.267. The Balaban J connectivity index is 2.35. The van der Waals surface area contributed by atoms with Crippen molar-refractivity contribution in [1.82, 2.24) is 0 Å². The van der Waals surface area contributed by atoms with Gasteiger partial charge in [-0.2, -0.15) is 0 Å². The van der Waals surface area contributed by atoms with Gasteiger partial charge in [-0.05, 0) is 44.0 Å². The van der Waals surface area contributed by atoms with Crippen molar-refractivity contribution in [1.29, 1.82) is 0 Å². The van der Waals surface area contributed by atoms with Crippen molar-refractivity contribution in [2.75, 3.05) is 11.8 Å². The number of sulfonamides is 1. The van der Waals surface area contributed by atoms with Crippen LogP contribution in [0.25, 0.3) is 0 Å². The molecule has 2 rings (SSSR count). The summed E-state index contributed by atoms with van der Waals surface area (Å²) in [4.78, 5) is 12.2. The third kappa shape index (κ3) is 3.31. The van der Waals surface area contributed by atoms with Crippen LogP contribution in [0.4, 0.5) is 5.00 Å². The van der Waals surface area contributed by atoms with E-state index < -0.39 is 16.0 Å². The summed E-state index contributed by atoms with van der Waals surface area (Å²) in [6.07, 6.45) is 0. The van der Waals surface area contributed by atoms with E-state index in [-0.39, 0.29) is 4.90 Å². The Morgan fingerprint density at radius 1 is 1.14 bits per heavy atom. The van der Waals surface area contributed by atoms with E-state index in [1.54, 1.807) is 32.0 Å². The molecule has 0 radical (unpaired) electrons. The van der Waals surface area contributed by atoms with Gasteiger partial charge in [0.2, 0.25) is 0 Å². The van der Waals surface area contributed by atoms with Crippen LogP contribution in [0.1, 0.15) is 26.4 Å². The zero-order chi connectivity index (χ0) is 16.5. The molecule has 118 valence electrons. The van der Waals surface area contributed by atoms with Crippen LogP contribution in [-0.4, -0.2) is 21.5 Å². The maximum atomic E-state index is 12.5. The van der Waals surface area contributed by atoms with Gasteiger partial charge in [0.25, 0.3) is 10.0 Å². The van der Waals surface area contributed by atoms with Crippen molar-refractivity contribution in [3.8, 4) is 0 Å². The number of carbonyl (C=O) groups is 1. The number of esters is 1. The van der Waals surface area contributed by atoms with Crippen molar-refractivity contribution in [3.63, 3.8) is 0 Å². The number of methoxy groups -OCH3 is 1. The lowest BCUT2D eigenvalue weighted by atomic mass is 10.2. The molecule has 1 heterocycles. The maximum absolute atomic E-state index is 12.5. The second-order valence-electron chi connectivity index (χ2n) is 4.99. The Kier molecular flexibility index (Phi) is 4.58. The number of thiophene rings is 1. The van der Waals surface area contributed by atoms with Gasteiger partial charge in [0.1, 0.15) is 9.88 Å². The van der Waals surface area contributed by atoms with E-state index in [0.717, 1.165) is 16.9 Å². The van der Waals surface area contributed by atoms with Crippen molar-refractivity contribution in [2.24, 2.45) is 0 Å². The van der Waals surface area contributed by atoms with Crippen LogP contribution in [0, 0.1) is 20.8 Å². The van der Waals surface area contributed by atoms with Gasteiger partial charge in [-0.25, -0.2) is 13.2 Å². The Labute approximate surface area is 134 Å². The highest BCUT2D eigenvalue weighted by molar-refractivity contribution is 7.93. The molecular weight excluding hydrogens is 322 g/mol. The molecule has 0 aliphatic carbocycles. The van der Waals surface area contributed by atoms with Gasteiger partial charge in [-0.1, -0.05) is 17.7 Å². The number of benzene rings is 1. The maximum Gasteiger partial charge on any atom is 0.348 e. The van der Waals surface area contributed by atoms with Gasteiger partial charge < -0.3 is 4.74 Å². The molecule has 0 atom stereocenters. The van der Waals surface area contributed by atoms with Crippen LogP contribution in [0.5, 0.6) is 0 Å². The number of carbonyl (C=O) groups excluding carboxylic acids is 1. The third-order valence-electron chi connectivity index (χ3n) is 3.14. The molecule has 2 aromatic rings. The molecule has 0 fully saturated rings. The Hall–Kier alpha value is -1.86. The molecule has 0 saturated carbocycles. The smallest absolute Gasteiger partial charge is 0.348 e. The number of nitrogens with one attached hydrogen (secondary N) is 1. The van der Waals surface area contributed by atoms with E-state index in [9.17, 15) is 13.2 Å². The van der Waals surface area contributed by atoms with Crippen LogP contribution in [0.3, 0.4) is 0 Å². The van der Waals surface area contributed by atoms with Gasteiger partial charge >= 0.3 is 5.97 Å². The van der Waals surface area contributed by atoms with E-state index in [1.807, 2.05) is 13.0 Å². The van der Waals surface area contributed by atoms with E-state index in [2.05, 4.69) is 9.46 Å². The quantitative estimate of drug-likeness (QED) is 0.868. The molecule has 0 saturated heterocycles. The van der Waals surface area contributed by atoms with Crippen LogP contribution >= 0.6 is 11.3 Å². The summed E-state index contributed by atoms with van der Waals surface area (Å²) in [5, 5.41) is 0.387. The number of anilines is 1. The van der Waals surface area contributed by atoms with Crippen molar-refractivity contribution < 1.29 is 17.9 Å². The molecule has 0 unspecified atom stereocenters. The monoisotopic (exact) mass is 339 g/mol. The molecule has 1 N–H and O–H groups in total. The van der Waals surface area contributed by atoms with E-state index in [1.165, 1.54) is 7.11 Å². The Morgan fingerprint density at radius 3 is 2.41 bits per heavy atom. The lowest BCUT2D eigenvalue weighted by molar-refractivity contribution is 0.0605. The van der Waals surface area contributed by atoms with Crippen LogP contribution in [-0.2, 0) is 14.8 Å². The molecule has 0 aliphatic heterocycles. The van der Waals surface area contributed by atoms with Gasteiger partial charge in [0.05, 0.1) is 12.0 Å². The molecule has 7 heteroatoms. The Bertz CT molecular complexity index is 822. The van der Waals surface area contributed by atoms with Crippen molar-refractivity contribution >= 4 is 32.3 Å². The van der Waals surface area contributed by atoms with Gasteiger partial charge in [0.15, 0.2) is 0 Å². The molecular formula is C15H17NO4S2. The molecule has 1 aromatic carbocycles. The van der Waals surface area contributed by atoms with Crippen LogP contribution in [0.2, 0.25) is 0 Å². The van der Waals surface area contributed by atoms with Crippen molar-refractivity contribution in [2.45, 2.75) is 25.7 Å². The first kappa shape index (κ1) is 16.5. The minimum absolute atomic E-state index is 0.226. The average molecular weight is 339 g/mol. The van der Waals surface area contributed by atoms with E-state index >= 15 is 0 Å². The number of ether oxygens (including phenoxy) is 1. The second kappa shape index (κ2) is 6.10. The van der Waals surface area contributed by atoms with Crippen LogP contribution < -0.4 is 4.72 Å². The summed E-state index contributed by atoms with van der Waals surface area (Å²) in [5.41, 5.74) is 2.35. The number of aryl methyl sites for hydroxylation is 3. The molecule has 0 amide bonds. The molecule has 0 aliphatic rings. The Morgan fingerprint density at radius 2 is 1.82 bits per heavy atom. The summed E-state index contributed by atoms with van der Waals surface area (Å²) >= 11 is 1.06.